The van der Waals surface area contributed by atoms with Crippen molar-refractivity contribution in [2.75, 3.05) is 5.32 Å². The average molecular weight is 450 g/mol. The summed E-state index contributed by atoms with van der Waals surface area (Å²) >= 11 is 9.60. The Labute approximate surface area is 187 Å². The van der Waals surface area contributed by atoms with Gasteiger partial charge in [0.15, 0.2) is 0 Å². The van der Waals surface area contributed by atoms with Crippen molar-refractivity contribution in [3.05, 3.63) is 93.3 Å². The molecular weight excluding hydrogens is 434 g/mol. The summed E-state index contributed by atoms with van der Waals surface area (Å²) in [7, 11) is 0. The van der Waals surface area contributed by atoms with Gasteiger partial charge in [-0.3, -0.25) is 4.79 Å². The van der Waals surface area contributed by atoms with E-state index in [2.05, 4.69) is 16.4 Å². The van der Waals surface area contributed by atoms with Gasteiger partial charge in [-0.15, -0.1) is 22.7 Å². The van der Waals surface area contributed by atoms with Crippen LogP contribution in [0.5, 0.6) is 0 Å². The van der Waals surface area contributed by atoms with E-state index in [1.165, 1.54) is 11.3 Å². The molecule has 4 rings (SSSR count). The quantitative estimate of drug-likeness (QED) is 0.372. The van der Waals surface area contributed by atoms with Gasteiger partial charge in [0.05, 0.1) is 29.0 Å². The second-order valence-electron chi connectivity index (χ2n) is 6.56. The Morgan fingerprint density at radius 2 is 1.97 bits per heavy atom. The molecule has 4 nitrogen and oxygen atoms in total. The molecule has 30 heavy (non-hydrogen) atoms. The van der Waals surface area contributed by atoms with Gasteiger partial charge in [-0.2, -0.15) is 5.26 Å². The van der Waals surface area contributed by atoms with Crippen molar-refractivity contribution in [2.24, 2.45) is 0 Å². The van der Waals surface area contributed by atoms with Crippen molar-refractivity contribution < 1.29 is 4.79 Å². The van der Waals surface area contributed by atoms with Gasteiger partial charge < -0.3 is 5.32 Å². The molecule has 7 heteroatoms. The molecule has 148 valence electrons. The van der Waals surface area contributed by atoms with E-state index in [1.54, 1.807) is 29.5 Å². The number of nitriles is 1. The predicted molar refractivity (Wildman–Crippen MR) is 123 cm³/mol. The molecule has 4 aromatic rings. The van der Waals surface area contributed by atoms with Crippen molar-refractivity contribution in [1.29, 1.82) is 5.26 Å². The van der Waals surface area contributed by atoms with Gasteiger partial charge in [-0.1, -0.05) is 54.1 Å². The number of hydrogen-bond acceptors (Lipinski definition) is 5. The number of carbonyl (C=O) groups is 1. The Hall–Kier alpha value is -2.98. The maximum atomic E-state index is 12.4. The fourth-order valence-corrected chi connectivity index (χ4v) is 5.00. The van der Waals surface area contributed by atoms with E-state index in [1.807, 2.05) is 53.2 Å². The summed E-state index contributed by atoms with van der Waals surface area (Å²) in [6.45, 7) is 0. The minimum Gasteiger partial charge on any atom is -0.326 e. The van der Waals surface area contributed by atoms with E-state index in [9.17, 15) is 10.1 Å². The van der Waals surface area contributed by atoms with E-state index in [4.69, 9.17) is 11.6 Å². The highest BCUT2D eigenvalue weighted by Crippen LogP contribution is 2.32. The fourth-order valence-electron chi connectivity index (χ4n) is 3.08. The Morgan fingerprint density at radius 3 is 2.67 bits per heavy atom. The number of halogens is 1. The Morgan fingerprint density at radius 1 is 1.13 bits per heavy atom. The zero-order chi connectivity index (χ0) is 20.9. The molecular formula is C23H16ClN3OS2. The summed E-state index contributed by atoms with van der Waals surface area (Å²) in [5.41, 5.74) is 2.91. The van der Waals surface area contributed by atoms with Crippen LogP contribution in [-0.4, -0.2) is 10.9 Å². The predicted octanol–water partition coefficient (Wildman–Crippen LogP) is 6.36. The first kappa shape index (κ1) is 20.3. The van der Waals surface area contributed by atoms with Gasteiger partial charge in [-0.25, -0.2) is 4.98 Å². The number of nitrogens with zero attached hydrogens (tertiary/aromatic N) is 2. The van der Waals surface area contributed by atoms with Gasteiger partial charge in [0, 0.05) is 16.1 Å². The van der Waals surface area contributed by atoms with Crippen molar-refractivity contribution in [2.45, 2.75) is 12.3 Å². The second kappa shape index (κ2) is 9.23. The molecule has 1 atom stereocenters. The lowest BCUT2D eigenvalue weighted by atomic mass is 9.92. The van der Waals surface area contributed by atoms with Crippen LogP contribution in [0.4, 0.5) is 5.69 Å². The van der Waals surface area contributed by atoms with Crippen LogP contribution < -0.4 is 5.32 Å². The molecule has 2 aromatic carbocycles. The Bertz CT molecular complexity index is 1200. The molecule has 2 aromatic heterocycles. The zero-order valence-corrected chi connectivity index (χ0v) is 18.1. The number of rotatable bonds is 6. The van der Waals surface area contributed by atoms with Crippen LogP contribution in [0, 0.1) is 11.3 Å². The first-order chi connectivity index (χ1) is 14.6. The smallest absolute Gasteiger partial charge is 0.230 e. The van der Waals surface area contributed by atoms with Crippen molar-refractivity contribution in [3.63, 3.8) is 0 Å². The molecule has 0 radical (unpaired) electrons. The molecule has 2 heterocycles. The number of hydrogen-bond donors (Lipinski definition) is 1. The Kier molecular flexibility index (Phi) is 6.24. The molecule has 0 saturated carbocycles. The zero-order valence-electron chi connectivity index (χ0n) is 15.7. The summed E-state index contributed by atoms with van der Waals surface area (Å²) < 4.78 is 0. The highest BCUT2D eigenvalue weighted by molar-refractivity contribution is 7.20. The number of thiazole rings is 1. The molecule has 0 aliphatic carbocycles. The first-order valence-corrected chi connectivity index (χ1v) is 11.3. The largest absolute Gasteiger partial charge is 0.326 e. The van der Waals surface area contributed by atoms with Gasteiger partial charge >= 0.3 is 0 Å². The number of anilines is 1. The van der Waals surface area contributed by atoms with Crippen LogP contribution in [0.15, 0.2) is 71.4 Å². The van der Waals surface area contributed by atoms with Crippen LogP contribution in [0.2, 0.25) is 5.02 Å². The molecule has 1 amide bonds. The molecule has 1 N–H and O–H groups in total. The van der Waals surface area contributed by atoms with Crippen LogP contribution in [0.25, 0.3) is 9.88 Å². The highest BCUT2D eigenvalue weighted by Gasteiger charge is 2.17. The minimum atomic E-state index is -0.464. The average Bonchev–Trinajstić information content (AvgIpc) is 3.43. The van der Waals surface area contributed by atoms with E-state index < -0.39 is 5.92 Å². The molecule has 0 saturated heterocycles. The third-order valence-corrected chi connectivity index (χ3v) is 6.74. The summed E-state index contributed by atoms with van der Waals surface area (Å²) in [4.78, 5) is 18.1. The summed E-state index contributed by atoms with van der Waals surface area (Å²) in [6, 6.07) is 21.0. The van der Waals surface area contributed by atoms with Crippen molar-refractivity contribution in [1.82, 2.24) is 4.98 Å². The van der Waals surface area contributed by atoms with Crippen LogP contribution >= 0.6 is 34.3 Å². The lowest BCUT2D eigenvalue weighted by Crippen LogP contribution is -2.14. The van der Waals surface area contributed by atoms with E-state index in [0.717, 1.165) is 21.1 Å². The normalized spacial score (nSPS) is 11.6. The topological polar surface area (TPSA) is 65.8 Å². The minimum absolute atomic E-state index is 0.165. The van der Waals surface area contributed by atoms with Gasteiger partial charge in [-0.05, 0) is 34.7 Å². The van der Waals surface area contributed by atoms with Gasteiger partial charge in [0.2, 0.25) is 5.91 Å². The molecule has 0 spiro atoms. The maximum absolute atomic E-state index is 12.4. The number of thiophene rings is 1. The third kappa shape index (κ3) is 4.60. The molecule has 0 aliphatic rings. The summed E-state index contributed by atoms with van der Waals surface area (Å²) in [5.74, 6) is -0.629. The monoisotopic (exact) mass is 449 g/mol. The van der Waals surface area contributed by atoms with Crippen LogP contribution in [-0.2, 0) is 11.2 Å². The standard InChI is InChI=1S/C23H16ClN3OS2/c24-20-11-16(8-9-18(20)19(13-25)15-5-2-1-3-6-15)26-22(28)12-17-14-30-23(27-17)21-7-4-10-29-21/h1-11,14,19H,12H2,(H,26,28). The number of nitrogens with one attached hydrogen (secondary N) is 1. The van der Waals surface area contributed by atoms with Crippen LogP contribution in [0.3, 0.4) is 0 Å². The van der Waals surface area contributed by atoms with E-state index in [-0.39, 0.29) is 12.3 Å². The van der Waals surface area contributed by atoms with Gasteiger partial charge in [0.25, 0.3) is 0 Å². The third-order valence-electron chi connectivity index (χ3n) is 4.48. The SMILES string of the molecule is N#CC(c1ccccc1)c1ccc(NC(=O)Cc2csc(-c3cccs3)n2)cc1Cl. The number of aromatic nitrogens is 1. The molecule has 0 fully saturated rings. The summed E-state index contributed by atoms with van der Waals surface area (Å²) in [5, 5.41) is 17.8. The van der Waals surface area contributed by atoms with Crippen LogP contribution in [0.1, 0.15) is 22.7 Å². The fraction of sp³-hybridized carbons (Fsp3) is 0.0870. The molecule has 0 aliphatic heterocycles. The van der Waals surface area contributed by atoms with Crippen molar-refractivity contribution in [3.8, 4) is 16.0 Å². The summed E-state index contributed by atoms with van der Waals surface area (Å²) in [6.07, 6.45) is 0.187. The number of carbonyl (C=O) groups excluding carboxylic acids is 1. The Balaban J connectivity index is 1.44. The van der Waals surface area contributed by atoms with E-state index >= 15 is 0 Å². The lowest BCUT2D eigenvalue weighted by Gasteiger charge is -2.13. The molecule has 1 unspecified atom stereocenters. The first-order valence-electron chi connectivity index (χ1n) is 9.16. The lowest BCUT2D eigenvalue weighted by molar-refractivity contribution is -0.115. The second-order valence-corrected chi connectivity index (χ2v) is 8.77. The van der Waals surface area contributed by atoms with Gasteiger partial charge in [0.1, 0.15) is 5.01 Å². The van der Waals surface area contributed by atoms with E-state index in [0.29, 0.717) is 16.3 Å². The molecule has 0 bridgehead atoms. The van der Waals surface area contributed by atoms with Crippen molar-refractivity contribution >= 4 is 45.9 Å². The highest BCUT2D eigenvalue weighted by atomic mass is 35.5. The number of benzene rings is 2. The number of amides is 1. The maximum Gasteiger partial charge on any atom is 0.230 e.